The van der Waals surface area contributed by atoms with Crippen molar-refractivity contribution in [3.63, 3.8) is 0 Å². The fraction of sp³-hybridized carbons (Fsp3) is 0.452. The van der Waals surface area contributed by atoms with Gasteiger partial charge in [0.05, 0.1) is 35.1 Å². The minimum Gasteiger partial charge on any atom is -0.458 e. The highest BCUT2D eigenvalue weighted by molar-refractivity contribution is 5.95. The highest BCUT2D eigenvalue weighted by Crippen LogP contribution is 2.46. The second-order valence-electron chi connectivity index (χ2n) is 12.1. The SMILES string of the molecule is CC[C@@]1(O)C(=O)OCc2c1cc1n(c2=O)Cc2c-1nc1cc(F)c(C)c3c1c2[C@H](NC(=O)[C@@H]1CCCN1C(=O)C(F)(F)F)CC3. The molecule has 45 heavy (non-hydrogen) atoms. The number of rotatable bonds is 3. The van der Waals surface area contributed by atoms with Crippen LogP contribution in [0.4, 0.5) is 17.6 Å². The number of aliphatic hydroxyl groups is 1. The van der Waals surface area contributed by atoms with E-state index in [-0.39, 0.29) is 62.0 Å². The topological polar surface area (TPSA) is 131 Å². The molecule has 3 aromatic rings. The van der Waals surface area contributed by atoms with Gasteiger partial charge in [-0.1, -0.05) is 6.92 Å². The first kappa shape index (κ1) is 29.4. The van der Waals surface area contributed by atoms with Crippen molar-refractivity contribution in [1.29, 1.82) is 0 Å². The number of halogens is 4. The van der Waals surface area contributed by atoms with Crippen molar-refractivity contribution in [2.75, 3.05) is 6.54 Å². The van der Waals surface area contributed by atoms with E-state index in [9.17, 15) is 37.5 Å². The second-order valence-corrected chi connectivity index (χ2v) is 12.1. The monoisotopic (exact) mass is 628 g/mol. The van der Waals surface area contributed by atoms with E-state index >= 15 is 4.39 Å². The number of pyridine rings is 2. The molecule has 1 aliphatic carbocycles. The number of ether oxygens (including phenoxy) is 1. The zero-order valence-electron chi connectivity index (χ0n) is 24.3. The molecule has 5 heterocycles. The molecule has 2 aromatic heterocycles. The van der Waals surface area contributed by atoms with Gasteiger partial charge in [-0.05, 0) is 61.8 Å². The fourth-order valence-corrected chi connectivity index (χ4v) is 7.41. The molecule has 1 saturated heterocycles. The third kappa shape index (κ3) is 4.14. The zero-order chi connectivity index (χ0) is 32.2. The number of esters is 1. The molecule has 1 aromatic carbocycles. The zero-order valence-corrected chi connectivity index (χ0v) is 24.3. The Kier molecular flexibility index (Phi) is 6.42. The lowest BCUT2D eigenvalue weighted by molar-refractivity contribution is -0.186. The summed E-state index contributed by atoms with van der Waals surface area (Å²) < 4.78 is 61.5. The third-order valence-corrected chi connectivity index (χ3v) is 9.75. The number of carbonyl (C=O) groups excluding carboxylic acids is 3. The first-order valence-electron chi connectivity index (χ1n) is 14.8. The normalized spacial score (nSPS) is 23.4. The molecule has 0 unspecified atom stereocenters. The number of hydrogen-bond acceptors (Lipinski definition) is 7. The number of cyclic esters (lactones) is 1. The number of hydrogen-bond donors (Lipinski definition) is 2. The molecule has 0 bridgehead atoms. The molecular formula is C31H28F4N4O6. The number of aromatic nitrogens is 2. The maximum Gasteiger partial charge on any atom is 0.471 e. The number of carbonyl (C=O) groups is 3. The molecular weight excluding hydrogens is 600 g/mol. The Bertz CT molecular complexity index is 1920. The summed E-state index contributed by atoms with van der Waals surface area (Å²) >= 11 is 0. The lowest BCUT2D eigenvalue weighted by Gasteiger charge is -2.32. The first-order chi connectivity index (χ1) is 21.3. The Morgan fingerprint density at radius 1 is 1.18 bits per heavy atom. The Labute approximate surface area is 253 Å². The van der Waals surface area contributed by atoms with Crippen LogP contribution in [0.1, 0.15) is 72.0 Å². The standard InChI is InChI=1S/C31H28F4N4O6/c1-3-30(44)17-9-22-25-15(11-39(22)27(41)16(17)12-45-29(30)43)24-19(7-6-14-13(2)18(32)10-20(36-25)23(14)24)37-26(40)21-5-4-8-38(21)28(42)31(33,34)35/h9-10,19,21,44H,3-8,11-12H2,1-2H3,(H,37,40)/t19-,21+,30+/m1/s1. The Morgan fingerprint density at radius 2 is 1.93 bits per heavy atom. The number of fused-ring (bicyclic) bond motifs is 5. The van der Waals surface area contributed by atoms with Crippen molar-refractivity contribution in [2.24, 2.45) is 0 Å². The third-order valence-electron chi connectivity index (χ3n) is 9.75. The van der Waals surface area contributed by atoms with Gasteiger partial charge in [0.15, 0.2) is 5.60 Å². The van der Waals surface area contributed by atoms with Gasteiger partial charge in [-0.3, -0.25) is 14.4 Å². The van der Waals surface area contributed by atoms with Crippen molar-refractivity contribution >= 4 is 28.7 Å². The van der Waals surface area contributed by atoms with E-state index in [2.05, 4.69) is 5.32 Å². The maximum absolute atomic E-state index is 15.1. The van der Waals surface area contributed by atoms with Crippen molar-refractivity contribution in [2.45, 2.75) is 83.0 Å². The van der Waals surface area contributed by atoms with Crippen LogP contribution < -0.4 is 10.9 Å². The van der Waals surface area contributed by atoms with Gasteiger partial charge < -0.3 is 24.6 Å². The van der Waals surface area contributed by atoms with Crippen LogP contribution in [0, 0.1) is 12.7 Å². The second kappa shape index (κ2) is 9.83. The number of aryl methyl sites for hydroxylation is 1. The molecule has 14 heteroatoms. The highest BCUT2D eigenvalue weighted by atomic mass is 19.4. The number of nitrogens with one attached hydrogen (secondary N) is 1. The molecule has 2 amide bonds. The summed E-state index contributed by atoms with van der Waals surface area (Å²) in [4.78, 5) is 57.2. The largest absolute Gasteiger partial charge is 0.471 e. The molecule has 4 aliphatic rings. The Hall–Kier alpha value is -4.33. The molecule has 0 saturated carbocycles. The van der Waals surface area contributed by atoms with Gasteiger partial charge in [-0.15, -0.1) is 0 Å². The number of benzene rings is 1. The minimum atomic E-state index is -5.12. The molecule has 0 radical (unpaired) electrons. The van der Waals surface area contributed by atoms with Crippen molar-refractivity contribution in [3.8, 4) is 11.4 Å². The summed E-state index contributed by atoms with van der Waals surface area (Å²) in [6.45, 7) is 2.71. The number of alkyl halides is 3. The minimum absolute atomic E-state index is 0.0118. The molecule has 236 valence electrons. The quantitative estimate of drug-likeness (QED) is 0.263. The summed E-state index contributed by atoms with van der Waals surface area (Å²) in [5.74, 6) is -4.17. The van der Waals surface area contributed by atoms with E-state index < -0.39 is 53.0 Å². The summed E-state index contributed by atoms with van der Waals surface area (Å²) in [5, 5.41) is 14.7. The summed E-state index contributed by atoms with van der Waals surface area (Å²) in [7, 11) is 0. The molecule has 2 N–H and O–H groups in total. The van der Waals surface area contributed by atoms with Gasteiger partial charge >= 0.3 is 18.1 Å². The number of amides is 2. The summed E-state index contributed by atoms with van der Waals surface area (Å²) in [6.07, 6.45) is -4.24. The van der Waals surface area contributed by atoms with E-state index in [0.29, 0.717) is 50.3 Å². The molecule has 3 aliphatic heterocycles. The summed E-state index contributed by atoms with van der Waals surface area (Å²) in [6, 6.07) is 0.743. The van der Waals surface area contributed by atoms with Gasteiger partial charge in [0.25, 0.3) is 5.56 Å². The van der Waals surface area contributed by atoms with Gasteiger partial charge in [0.2, 0.25) is 5.91 Å². The van der Waals surface area contributed by atoms with E-state index in [4.69, 9.17) is 9.72 Å². The first-order valence-corrected chi connectivity index (χ1v) is 14.8. The van der Waals surface area contributed by atoms with Gasteiger partial charge in [-0.25, -0.2) is 14.2 Å². The average Bonchev–Trinajstić information content (AvgIpc) is 3.63. The molecule has 3 atom stereocenters. The van der Waals surface area contributed by atoms with Crippen LogP contribution in [0.3, 0.4) is 0 Å². The predicted molar refractivity (Wildman–Crippen MR) is 149 cm³/mol. The smallest absolute Gasteiger partial charge is 0.458 e. The lowest BCUT2D eigenvalue weighted by atomic mass is 9.81. The molecule has 1 fully saturated rings. The van der Waals surface area contributed by atoms with E-state index in [1.807, 2.05) is 0 Å². The Balaban J connectivity index is 1.38. The fourth-order valence-electron chi connectivity index (χ4n) is 7.41. The van der Waals surface area contributed by atoms with Crippen LogP contribution in [-0.2, 0) is 44.3 Å². The summed E-state index contributed by atoms with van der Waals surface area (Å²) in [5.41, 5.74) is 0.751. The Morgan fingerprint density at radius 3 is 2.64 bits per heavy atom. The van der Waals surface area contributed by atoms with Crippen molar-refractivity contribution in [3.05, 3.63) is 61.7 Å². The highest BCUT2D eigenvalue weighted by Gasteiger charge is 2.49. The maximum atomic E-state index is 15.1. The van der Waals surface area contributed by atoms with Crippen LogP contribution in [0.2, 0.25) is 0 Å². The number of likely N-dealkylation sites (tertiary alicyclic amines) is 1. The van der Waals surface area contributed by atoms with Crippen LogP contribution >= 0.6 is 0 Å². The molecule has 0 spiro atoms. The lowest BCUT2D eigenvalue weighted by Crippen LogP contribution is -2.51. The van der Waals surface area contributed by atoms with Gasteiger partial charge in [0, 0.05) is 29.1 Å². The average molecular weight is 629 g/mol. The van der Waals surface area contributed by atoms with Crippen LogP contribution in [0.5, 0.6) is 0 Å². The van der Waals surface area contributed by atoms with Crippen LogP contribution in [0.25, 0.3) is 22.3 Å². The van der Waals surface area contributed by atoms with Crippen LogP contribution in [-0.4, -0.2) is 56.1 Å². The molecule has 7 rings (SSSR count). The molecule has 10 nitrogen and oxygen atoms in total. The van der Waals surface area contributed by atoms with Crippen molar-refractivity contribution in [1.82, 2.24) is 19.8 Å². The number of nitrogens with zero attached hydrogens (tertiary/aromatic N) is 3. The van der Waals surface area contributed by atoms with Gasteiger partial charge in [0.1, 0.15) is 18.5 Å². The van der Waals surface area contributed by atoms with Crippen LogP contribution in [0.15, 0.2) is 16.9 Å². The van der Waals surface area contributed by atoms with E-state index in [0.717, 1.165) is 0 Å². The van der Waals surface area contributed by atoms with E-state index in [1.165, 1.54) is 16.7 Å². The van der Waals surface area contributed by atoms with E-state index in [1.54, 1.807) is 13.8 Å². The van der Waals surface area contributed by atoms with Crippen molar-refractivity contribution < 1.29 is 41.8 Å². The van der Waals surface area contributed by atoms with Gasteiger partial charge in [-0.2, -0.15) is 13.2 Å². The predicted octanol–water partition coefficient (Wildman–Crippen LogP) is 3.18.